The third-order valence-electron chi connectivity index (χ3n) is 2.79. The van der Waals surface area contributed by atoms with Crippen molar-refractivity contribution in [3.63, 3.8) is 0 Å². The third kappa shape index (κ3) is 3.71. The van der Waals surface area contributed by atoms with Gasteiger partial charge in [0.05, 0.1) is 17.5 Å². The van der Waals surface area contributed by atoms with E-state index in [0.29, 0.717) is 25.6 Å². The standard InChI is InChI=1S/C13H17BrN2O2/c14-11-3-1-2-9(8-15)13(11)18-7-6-12(17)16-10-4-5-10/h1-3,10H,4-8,15H2,(H,16,17). The number of hydrogen-bond donors (Lipinski definition) is 2. The molecule has 1 saturated carbocycles. The topological polar surface area (TPSA) is 64.3 Å². The highest BCUT2D eigenvalue weighted by Crippen LogP contribution is 2.28. The number of carbonyl (C=O) groups excluding carboxylic acids is 1. The minimum Gasteiger partial charge on any atom is -0.492 e. The maximum absolute atomic E-state index is 11.5. The van der Waals surface area contributed by atoms with Crippen LogP contribution in [0.4, 0.5) is 0 Å². The summed E-state index contributed by atoms with van der Waals surface area (Å²) in [5.74, 6) is 0.790. The van der Waals surface area contributed by atoms with E-state index in [1.165, 1.54) is 0 Å². The van der Waals surface area contributed by atoms with Gasteiger partial charge in [-0.15, -0.1) is 0 Å². The summed E-state index contributed by atoms with van der Waals surface area (Å²) in [6, 6.07) is 6.14. The van der Waals surface area contributed by atoms with E-state index < -0.39 is 0 Å². The van der Waals surface area contributed by atoms with Gasteiger partial charge in [0.15, 0.2) is 0 Å². The van der Waals surface area contributed by atoms with Gasteiger partial charge in [0.1, 0.15) is 5.75 Å². The van der Waals surface area contributed by atoms with Crippen LogP contribution in [0, 0.1) is 0 Å². The maximum Gasteiger partial charge on any atom is 0.223 e. The van der Waals surface area contributed by atoms with E-state index in [1.807, 2.05) is 18.2 Å². The van der Waals surface area contributed by atoms with E-state index >= 15 is 0 Å². The zero-order valence-corrected chi connectivity index (χ0v) is 11.7. The van der Waals surface area contributed by atoms with Crippen molar-refractivity contribution in [1.82, 2.24) is 5.32 Å². The highest BCUT2D eigenvalue weighted by atomic mass is 79.9. The maximum atomic E-state index is 11.5. The first-order valence-electron chi connectivity index (χ1n) is 6.10. The van der Waals surface area contributed by atoms with E-state index in [2.05, 4.69) is 21.2 Å². The number of halogens is 1. The van der Waals surface area contributed by atoms with E-state index in [9.17, 15) is 4.79 Å². The van der Waals surface area contributed by atoms with Gasteiger partial charge >= 0.3 is 0 Å². The Kier molecular flexibility index (Phi) is 4.60. The average molecular weight is 313 g/mol. The molecule has 1 aromatic carbocycles. The van der Waals surface area contributed by atoms with Gasteiger partial charge in [-0.3, -0.25) is 4.79 Å². The number of hydrogen-bond acceptors (Lipinski definition) is 3. The fraction of sp³-hybridized carbons (Fsp3) is 0.462. The second-order valence-electron chi connectivity index (χ2n) is 4.37. The van der Waals surface area contributed by atoms with Crippen molar-refractivity contribution in [3.8, 4) is 5.75 Å². The molecule has 1 aromatic rings. The quantitative estimate of drug-likeness (QED) is 0.844. The van der Waals surface area contributed by atoms with E-state index in [4.69, 9.17) is 10.5 Å². The van der Waals surface area contributed by atoms with Crippen LogP contribution < -0.4 is 15.8 Å². The molecule has 0 radical (unpaired) electrons. The SMILES string of the molecule is NCc1cccc(Br)c1OCCC(=O)NC1CC1. The fourth-order valence-electron chi connectivity index (χ4n) is 1.65. The first-order valence-corrected chi connectivity index (χ1v) is 6.89. The van der Waals surface area contributed by atoms with E-state index in [-0.39, 0.29) is 5.91 Å². The highest BCUT2D eigenvalue weighted by Gasteiger charge is 2.22. The number of amides is 1. The molecule has 1 fully saturated rings. The number of nitrogens with two attached hydrogens (primary N) is 1. The predicted octanol–water partition coefficient (Wildman–Crippen LogP) is 1.96. The monoisotopic (exact) mass is 312 g/mol. The van der Waals surface area contributed by atoms with Crippen molar-refractivity contribution in [2.75, 3.05) is 6.61 Å². The van der Waals surface area contributed by atoms with Crippen LogP contribution >= 0.6 is 15.9 Å². The minimum absolute atomic E-state index is 0.0545. The second-order valence-corrected chi connectivity index (χ2v) is 5.23. The Hall–Kier alpha value is -1.07. The summed E-state index contributed by atoms with van der Waals surface area (Å²) in [5, 5.41) is 2.93. The molecule has 1 amide bonds. The summed E-state index contributed by atoms with van der Waals surface area (Å²) in [4.78, 5) is 11.5. The lowest BCUT2D eigenvalue weighted by Crippen LogP contribution is -2.26. The summed E-state index contributed by atoms with van der Waals surface area (Å²) >= 11 is 3.42. The van der Waals surface area contributed by atoms with Crippen LogP contribution in [-0.2, 0) is 11.3 Å². The normalized spacial score (nSPS) is 14.3. The number of carbonyl (C=O) groups is 1. The Balaban J connectivity index is 1.83. The van der Waals surface area contributed by atoms with Gasteiger partial charge < -0.3 is 15.8 Å². The molecule has 98 valence electrons. The van der Waals surface area contributed by atoms with Gasteiger partial charge in [-0.05, 0) is 34.8 Å². The Bertz CT molecular complexity index is 433. The molecule has 0 atom stereocenters. The van der Waals surface area contributed by atoms with Crippen LogP contribution in [0.25, 0.3) is 0 Å². The van der Waals surface area contributed by atoms with Crippen LogP contribution in [0.15, 0.2) is 22.7 Å². The van der Waals surface area contributed by atoms with E-state index in [1.54, 1.807) is 0 Å². The molecule has 18 heavy (non-hydrogen) atoms. The lowest BCUT2D eigenvalue weighted by molar-refractivity contribution is -0.121. The van der Waals surface area contributed by atoms with Crippen LogP contribution in [-0.4, -0.2) is 18.6 Å². The van der Waals surface area contributed by atoms with Crippen LogP contribution in [0.2, 0.25) is 0 Å². The molecular formula is C13H17BrN2O2. The number of nitrogens with one attached hydrogen (secondary N) is 1. The Morgan fingerprint density at radius 3 is 2.94 bits per heavy atom. The first kappa shape index (κ1) is 13.4. The molecule has 1 aliphatic carbocycles. The largest absolute Gasteiger partial charge is 0.492 e. The molecule has 0 saturated heterocycles. The lowest BCUT2D eigenvalue weighted by atomic mass is 10.2. The van der Waals surface area contributed by atoms with Gasteiger partial charge in [-0.1, -0.05) is 12.1 Å². The number of benzene rings is 1. The summed E-state index contributed by atoms with van der Waals surface area (Å²) in [6.45, 7) is 0.789. The number of ether oxygens (including phenoxy) is 1. The zero-order valence-electron chi connectivity index (χ0n) is 10.1. The summed E-state index contributed by atoms with van der Waals surface area (Å²) in [5.41, 5.74) is 6.58. The smallest absolute Gasteiger partial charge is 0.223 e. The molecule has 5 heteroatoms. The Morgan fingerprint density at radius 2 is 2.28 bits per heavy atom. The van der Waals surface area contributed by atoms with Gasteiger partial charge in [0.2, 0.25) is 5.91 Å². The van der Waals surface area contributed by atoms with Crippen molar-refractivity contribution in [2.24, 2.45) is 5.73 Å². The Morgan fingerprint density at radius 1 is 1.50 bits per heavy atom. The molecule has 0 heterocycles. The number of para-hydroxylation sites is 1. The van der Waals surface area contributed by atoms with Gasteiger partial charge in [-0.25, -0.2) is 0 Å². The number of rotatable bonds is 6. The second kappa shape index (κ2) is 6.20. The molecular weight excluding hydrogens is 296 g/mol. The van der Waals surface area contributed by atoms with Crippen molar-refractivity contribution in [1.29, 1.82) is 0 Å². The van der Waals surface area contributed by atoms with Crippen molar-refractivity contribution >= 4 is 21.8 Å². The lowest BCUT2D eigenvalue weighted by Gasteiger charge is -2.12. The van der Waals surface area contributed by atoms with Crippen molar-refractivity contribution in [3.05, 3.63) is 28.2 Å². The molecule has 0 aromatic heterocycles. The minimum atomic E-state index is 0.0545. The molecule has 3 N–H and O–H groups in total. The molecule has 0 aliphatic heterocycles. The van der Waals surface area contributed by atoms with Gasteiger partial charge in [0, 0.05) is 18.2 Å². The van der Waals surface area contributed by atoms with E-state index in [0.717, 1.165) is 28.6 Å². The summed E-state index contributed by atoms with van der Waals surface area (Å²) in [7, 11) is 0. The zero-order chi connectivity index (χ0) is 13.0. The van der Waals surface area contributed by atoms with Crippen LogP contribution in [0.1, 0.15) is 24.8 Å². The first-order chi connectivity index (χ1) is 8.70. The fourth-order valence-corrected chi connectivity index (χ4v) is 2.17. The molecule has 0 bridgehead atoms. The molecule has 0 unspecified atom stereocenters. The van der Waals surface area contributed by atoms with Crippen LogP contribution in [0.5, 0.6) is 5.75 Å². The Labute approximate surface area is 115 Å². The molecule has 2 rings (SSSR count). The molecule has 0 spiro atoms. The van der Waals surface area contributed by atoms with Crippen LogP contribution in [0.3, 0.4) is 0 Å². The predicted molar refractivity (Wildman–Crippen MR) is 73.3 cm³/mol. The van der Waals surface area contributed by atoms with Gasteiger partial charge in [-0.2, -0.15) is 0 Å². The average Bonchev–Trinajstić information content (AvgIpc) is 3.15. The van der Waals surface area contributed by atoms with Gasteiger partial charge in [0.25, 0.3) is 0 Å². The van der Waals surface area contributed by atoms with Crippen molar-refractivity contribution in [2.45, 2.75) is 31.8 Å². The highest BCUT2D eigenvalue weighted by molar-refractivity contribution is 9.10. The van der Waals surface area contributed by atoms with Crippen molar-refractivity contribution < 1.29 is 9.53 Å². The molecule has 4 nitrogen and oxygen atoms in total. The third-order valence-corrected chi connectivity index (χ3v) is 3.41. The molecule has 1 aliphatic rings. The summed E-state index contributed by atoms with van der Waals surface area (Å²) in [6.07, 6.45) is 2.59. The summed E-state index contributed by atoms with van der Waals surface area (Å²) < 4.78 is 6.51.